The zero-order valence-electron chi connectivity index (χ0n) is 17.2. The van der Waals surface area contributed by atoms with E-state index in [2.05, 4.69) is 38.7 Å². The van der Waals surface area contributed by atoms with E-state index < -0.39 is 4.92 Å². The Kier molecular flexibility index (Phi) is 7.51. The predicted octanol–water partition coefficient (Wildman–Crippen LogP) is 2.33. The predicted molar refractivity (Wildman–Crippen MR) is 114 cm³/mol. The summed E-state index contributed by atoms with van der Waals surface area (Å²) in [6.45, 7) is 10.6. The zero-order valence-corrected chi connectivity index (χ0v) is 17.9. The van der Waals surface area contributed by atoms with Gasteiger partial charge in [-0.3, -0.25) is 10.1 Å². The molecule has 3 rings (SSSR count). The third-order valence-corrected chi connectivity index (χ3v) is 4.39. The van der Waals surface area contributed by atoms with E-state index in [0.29, 0.717) is 17.7 Å². The molecule has 0 spiro atoms. The van der Waals surface area contributed by atoms with E-state index in [1.165, 1.54) is 12.1 Å². The number of non-ortho nitro benzene ring substituents is 1. The number of benzene rings is 2. The number of nitro benzene ring substituents is 1. The van der Waals surface area contributed by atoms with E-state index in [0.717, 1.165) is 35.4 Å². The number of rotatable bonds is 7. The SMILES string of the molecule is CC(C)CN(CC(C)C)c1nc(-c2ccc([N+](=O)[O-])cc2)nc2ccccc12.[Cl-]. The average Bonchev–Trinajstić information content (AvgIpc) is 2.66. The van der Waals surface area contributed by atoms with Gasteiger partial charge in [0.15, 0.2) is 5.82 Å². The van der Waals surface area contributed by atoms with Crippen LogP contribution in [0.3, 0.4) is 0 Å². The lowest BCUT2D eigenvalue weighted by Gasteiger charge is -2.28. The summed E-state index contributed by atoms with van der Waals surface area (Å²) in [6, 6.07) is 14.4. The molecule has 0 saturated carbocycles. The van der Waals surface area contributed by atoms with Gasteiger partial charge in [0, 0.05) is 36.2 Å². The van der Waals surface area contributed by atoms with Crippen LogP contribution < -0.4 is 17.3 Å². The highest BCUT2D eigenvalue weighted by Gasteiger charge is 2.18. The van der Waals surface area contributed by atoms with Crippen molar-refractivity contribution >= 4 is 22.4 Å². The summed E-state index contributed by atoms with van der Waals surface area (Å²) < 4.78 is 0. The van der Waals surface area contributed by atoms with E-state index in [1.54, 1.807) is 12.1 Å². The second-order valence-electron chi connectivity index (χ2n) is 7.88. The van der Waals surface area contributed by atoms with Crippen molar-refractivity contribution in [2.75, 3.05) is 18.0 Å². The fraction of sp³-hybridized carbons (Fsp3) is 0.364. The molecule has 0 amide bonds. The van der Waals surface area contributed by atoms with Crippen LogP contribution in [0.2, 0.25) is 0 Å². The number of anilines is 1. The zero-order chi connectivity index (χ0) is 20.3. The summed E-state index contributed by atoms with van der Waals surface area (Å²) in [7, 11) is 0. The number of fused-ring (bicyclic) bond motifs is 1. The van der Waals surface area contributed by atoms with E-state index >= 15 is 0 Å². The minimum atomic E-state index is -0.399. The lowest BCUT2D eigenvalue weighted by molar-refractivity contribution is -0.384. The highest BCUT2D eigenvalue weighted by Crippen LogP contribution is 2.29. The lowest BCUT2D eigenvalue weighted by Crippen LogP contribution is -3.00. The van der Waals surface area contributed by atoms with Crippen LogP contribution in [-0.2, 0) is 0 Å². The van der Waals surface area contributed by atoms with Crippen molar-refractivity contribution in [1.82, 2.24) is 9.97 Å². The van der Waals surface area contributed by atoms with Gasteiger partial charge in [-0.1, -0.05) is 39.8 Å². The molecule has 2 aromatic carbocycles. The van der Waals surface area contributed by atoms with Gasteiger partial charge in [0.2, 0.25) is 0 Å². The lowest BCUT2D eigenvalue weighted by atomic mass is 10.1. The van der Waals surface area contributed by atoms with Crippen molar-refractivity contribution in [3.8, 4) is 11.4 Å². The number of nitrogens with zero attached hydrogens (tertiary/aromatic N) is 4. The van der Waals surface area contributed by atoms with Crippen LogP contribution in [0.15, 0.2) is 48.5 Å². The van der Waals surface area contributed by atoms with Crippen LogP contribution in [0.4, 0.5) is 11.5 Å². The second-order valence-corrected chi connectivity index (χ2v) is 7.88. The molecular weight excluding hydrogens is 388 g/mol. The normalized spacial score (nSPS) is 11.0. The van der Waals surface area contributed by atoms with E-state index in [1.807, 2.05) is 18.2 Å². The molecule has 29 heavy (non-hydrogen) atoms. The quantitative estimate of drug-likeness (QED) is 0.439. The second kappa shape index (κ2) is 9.65. The number of hydrogen-bond acceptors (Lipinski definition) is 5. The van der Waals surface area contributed by atoms with Gasteiger partial charge in [0.1, 0.15) is 5.82 Å². The van der Waals surface area contributed by atoms with Crippen LogP contribution in [0.1, 0.15) is 27.7 Å². The molecule has 1 aromatic heterocycles. The summed E-state index contributed by atoms with van der Waals surface area (Å²) in [5.74, 6) is 2.49. The Hall–Kier alpha value is -2.73. The van der Waals surface area contributed by atoms with Crippen molar-refractivity contribution in [1.29, 1.82) is 0 Å². The molecule has 0 aliphatic heterocycles. The summed E-state index contributed by atoms with van der Waals surface area (Å²) in [6.07, 6.45) is 0. The van der Waals surface area contributed by atoms with E-state index in [-0.39, 0.29) is 18.1 Å². The highest BCUT2D eigenvalue weighted by molar-refractivity contribution is 5.91. The first kappa shape index (κ1) is 22.6. The smallest absolute Gasteiger partial charge is 0.269 e. The molecule has 3 aromatic rings. The van der Waals surface area contributed by atoms with Crippen molar-refractivity contribution in [3.63, 3.8) is 0 Å². The van der Waals surface area contributed by atoms with Crippen molar-refractivity contribution in [2.45, 2.75) is 27.7 Å². The molecule has 0 saturated heterocycles. The third kappa shape index (κ3) is 5.41. The van der Waals surface area contributed by atoms with Gasteiger partial charge in [-0.2, -0.15) is 0 Å². The molecular formula is C22H26ClN4O2-. The fourth-order valence-electron chi connectivity index (χ4n) is 3.29. The van der Waals surface area contributed by atoms with Crippen molar-refractivity contribution < 1.29 is 17.3 Å². The Morgan fingerprint density at radius 1 is 0.931 bits per heavy atom. The molecule has 0 aliphatic rings. The molecule has 0 radical (unpaired) electrons. The molecule has 1 heterocycles. The standard InChI is InChI=1S/C22H26N4O2.ClH/c1-15(2)13-25(14-16(3)4)22-19-7-5-6-8-20(19)23-21(24-22)17-9-11-18(12-10-17)26(27)28;/h5-12,15-16H,13-14H2,1-4H3;1H/p-1. The van der Waals surface area contributed by atoms with Crippen molar-refractivity contribution in [3.05, 3.63) is 58.6 Å². The molecule has 0 fully saturated rings. The average molecular weight is 414 g/mol. The summed E-state index contributed by atoms with van der Waals surface area (Å²) in [5, 5.41) is 12.0. The fourth-order valence-corrected chi connectivity index (χ4v) is 3.29. The van der Waals surface area contributed by atoms with Gasteiger partial charge in [0.05, 0.1) is 10.4 Å². The molecule has 0 bridgehead atoms. The maximum Gasteiger partial charge on any atom is 0.269 e. The topological polar surface area (TPSA) is 72.2 Å². The summed E-state index contributed by atoms with van der Waals surface area (Å²) in [4.78, 5) is 22.5. The van der Waals surface area contributed by atoms with Crippen molar-refractivity contribution in [2.24, 2.45) is 11.8 Å². The summed E-state index contributed by atoms with van der Waals surface area (Å²) >= 11 is 0. The maximum absolute atomic E-state index is 10.9. The van der Waals surface area contributed by atoms with Gasteiger partial charge >= 0.3 is 0 Å². The largest absolute Gasteiger partial charge is 1.00 e. The number of hydrogen-bond donors (Lipinski definition) is 0. The number of halogens is 1. The first-order valence-electron chi connectivity index (χ1n) is 9.61. The van der Waals surface area contributed by atoms with Gasteiger partial charge in [-0.05, 0) is 36.1 Å². The Morgan fingerprint density at radius 2 is 1.52 bits per heavy atom. The Balaban J connectivity index is 0.00000300. The number of para-hydroxylation sites is 1. The molecule has 0 aliphatic carbocycles. The Morgan fingerprint density at radius 3 is 2.07 bits per heavy atom. The minimum Gasteiger partial charge on any atom is -1.00 e. The van der Waals surface area contributed by atoms with Gasteiger partial charge in [0.25, 0.3) is 5.69 Å². The van der Waals surface area contributed by atoms with E-state index in [4.69, 9.17) is 9.97 Å². The highest BCUT2D eigenvalue weighted by atomic mass is 35.5. The Labute approximate surface area is 177 Å². The summed E-state index contributed by atoms with van der Waals surface area (Å²) in [5.41, 5.74) is 1.70. The Bertz CT molecular complexity index is 964. The van der Waals surface area contributed by atoms with Crippen LogP contribution in [0, 0.1) is 22.0 Å². The number of nitro groups is 1. The monoisotopic (exact) mass is 413 g/mol. The number of aromatic nitrogens is 2. The van der Waals surface area contributed by atoms with Crippen LogP contribution in [0.5, 0.6) is 0 Å². The molecule has 0 atom stereocenters. The minimum absolute atomic E-state index is 0. The molecule has 7 heteroatoms. The first-order chi connectivity index (χ1) is 13.3. The maximum atomic E-state index is 10.9. The first-order valence-corrected chi connectivity index (χ1v) is 9.61. The molecule has 0 unspecified atom stereocenters. The van der Waals surface area contributed by atoms with Crippen LogP contribution in [-0.4, -0.2) is 28.0 Å². The van der Waals surface area contributed by atoms with Gasteiger partial charge < -0.3 is 17.3 Å². The molecule has 0 N–H and O–H groups in total. The van der Waals surface area contributed by atoms with Gasteiger partial charge in [-0.15, -0.1) is 0 Å². The van der Waals surface area contributed by atoms with Crippen LogP contribution in [0.25, 0.3) is 22.3 Å². The molecule has 6 nitrogen and oxygen atoms in total. The van der Waals surface area contributed by atoms with Crippen LogP contribution >= 0.6 is 0 Å². The third-order valence-electron chi connectivity index (χ3n) is 4.39. The molecule has 154 valence electrons. The van der Waals surface area contributed by atoms with Gasteiger partial charge in [-0.25, -0.2) is 9.97 Å². The van der Waals surface area contributed by atoms with E-state index in [9.17, 15) is 10.1 Å².